The van der Waals surface area contributed by atoms with E-state index in [1.807, 2.05) is 31.2 Å². The van der Waals surface area contributed by atoms with Gasteiger partial charge in [0.05, 0.1) is 6.33 Å². The molecule has 1 heterocycles. The molecule has 2 aromatic rings. The number of aromatic amines is 1. The van der Waals surface area contributed by atoms with E-state index in [0.717, 1.165) is 11.1 Å². The van der Waals surface area contributed by atoms with E-state index in [1.165, 1.54) is 11.2 Å². The van der Waals surface area contributed by atoms with Crippen LogP contribution in [-0.4, -0.2) is 38.9 Å². The lowest BCUT2D eigenvalue weighted by molar-refractivity contribution is 0.0674. The summed E-state index contributed by atoms with van der Waals surface area (Å²) in [4.78, 5) is 30.9. The van der Waals surface area contributed by atoms with Gasteiger partial charge in [-0.1, -0.05) is 24.3 Å². The topological polar surface area (TPSA) is 86.3 Å². The van der Waals surface area contributed by atoms with Gasteiger partial charge in [0, 0.05) is 13.6 Å². The number of nitrogens with zero attached hydrogens (tertiary/aromatic N) is 2. The molecule has 2 N–H and O–H groups in total. The molecule has 0 saturated heterocycles. The molecule has 1 aromatic carbocycles. The molecule has 0 aliphatic heterocycles. The molecule has 0 fully saturated rings. The lowest BCUT2D eigenvalue weighted by Gasteiger charge is -2.17. The molecule has 1 amide bonds. The Labute approximate surface area is 116 Å². The minimum Gasteiger partial charge on any atom is -0.477 e. The average molecular weight is 273 g/mol. The minimum atomic E-state index is -1.20. The molecule has 0 atom stereocenters. The second-order valence-electron chi connectivity index (χ2n) is 4.52. The smallest absolute Gasteiger partial charge is 0.354 e. The van der Waals surface area contributed by atoms with Crippen LogP contribution in [0.4, 0.5) is 0 Å². The highest BCUT2D eigenvalue weighted by Gasteiger charge is 2.22. The zero-order valence-electron chi connectivity index (χ0n) is 11.3. The van der Waals surface area contributed by atoms with Crippen molar-refractivity contribution in [3.63, 3.8) is 0 Å². The highest BCUT2D eigenvalue weighted by molar-refractivity contribution is 6.02. The van der Waals surface area contributed by atoms with Crippen molar-refractivity contribution in [2.45, 2.75) is 13.5 Å². The van der Waals surface area contributed by atoms with Crippen LogP contribution in [-0.2, 0) is 6.54 Å². The summed E-state index contributed by atoms with van der Waals surface area (Å²) >= 11 is 0. The fraction of sp³-hybridized carbons (Fsp3) is 0.214. The molecule has 0 saturated carbocycles. The zero-order chi connectivity index (χ0) is 14.7. The summed E-state index contributed by atoms with van der Waals surface area (Å²) in [6.45, 7) is 2.36. The molecule has 0 unspecified atom stereocenters. The van der Waals surface area contributed by atoms with Gasteiger partial charge >= 0.3 is 5.97 Å². The van der Waals surface area contributed by atoms with Crippen LogP contribution in [0.15, 0.2) is 30.6 Å². The third kappa shape index (κ3) is 2.69. The SMILES string of the molecule is Cc1ccccc1CN(C)C(=O)c1nc[nH]c1C(=O)O. The minimum absolute atomic E-state index is 0.0754. The van der Waals surface area contributed by atoms with E-state index in [-0.39, 0.29) is 11.4 Å². The number of hydrogen-bond donors (Lipinski definition) is 2. The predicted octanol–water partition coefficient (Wildman–Crippen LogP) is 1.69. The van der Waals surface area contributed by atoms with E-state index in [1.54, 1.807) is 7.05 Å². The normalized spacial score (nSPS) is 10.3. The van der Waals surface area contributed by atoms with Crippen LogP contribution in [0.5, 0.6) is 0 Å². The Bertz CT molecular complexity index is 649. The van der Waals surface area contributed by atoms with Crippen molar-refractivity contribution in [2.24, 2.45) is 0 Å². The van der Waals surface area contributed by atoms with Gasteiger partial charge < -0.3 is 15.0 Å². The van der Waals surface area contributed by atoms with Gasteiger partial charge in [-0.05, 0) is 18.1 Å². The highest BCUT2D eigenvalue weighted by atomic mass is 16.4. The quantitative estimate of drug-likeness (QED) is 0.887. The number of aromatic carboxylic acids is 1. The van der Waals surface area contributed by atoms with E-state index < -0.39 is 11.9 Å². The number of aromatic nitrogens is 2. The number of hydrogen-bond acceptors (Lipinski definition) is 3. The zero-order valence-corrected chi connectivity index (χ0v) is 11.3. The van der Waals surface area contributed by atoms with E-state index >= 15 is 0 Å². The van der Waals surface area contributed by atoms with Crippen LogP contribution in [0.25, 0.3) is 0 Å². The van der Waals surface area contributed by atoms with Crippen LogP contribution in [0, 0.1) is 6.92 Å². The number of benzene rings is 1. The van der Waals surface area contributed by atoms with Crippen LogP contribution in [0.2, 0.25) is 0 Å². The molecule has 20 heavy (non-hydrogen) atoms. The fourth-order valence-corrected chi connectivity index (χ4v) is 1.92. The number of carboxylic acid groups (broad SMARTS) is 1. The molecule has 1 aromatic heterocycles. The first-order chi connectivity index (χ1) is 9.50. The van der Waals surface area contributed by atoms with Gasteiger partial charge in [-0.3, -0.25) is 4.79 Å². The number of H-pyrrole nitrogens is 1. The lowest BCUT2D eigenvalue weighted by atomic mass is 10.1. The predicted molar refractivity (Wildman–Crippen MR) is 72.5 cm³/mol. The van der Waals surface area contributed by atoms with Crippen molar-refractivity contribution in [3.8, 4) is 0 Å². The number of aryl methyl sites for hydroxylation is 1. The first-order valence-electron chi connectivity index (χ1n) is 6.07. The number of carbonyl (C=O) groups is 2. The van der Waals surface area contributed by atoms with Gasteiger partial charge in [0.1, 0.15) is 0 Å². The maximum absolute atomic E-state index is 12.2. The Morgan fingerprint density at radius 1 is 1.35 bits per heavy atom. The van der Waals surface area contributed by atoms with E-state index in [2.05, 4.69) is 9.97 Å². The Balaban J connectivity index is 2.19. The monoisotopic (exact) mass is 273 g/mol. The molecule has 2 rings (SSSR count). The average Bonchev–Trinajstić information content (AvgIpc) is 2.89. The van der Waals surface area contributed by atoms with Crippen LogP contribution >= 0.6 is 0 Å². The number of carboxylic acids is 1. The maximum atomic E-state index is 12.2. The van der Waals surface area contributed by atoms with Gasteiger partial charge in [-0.2, -0.15) is 0 Å². The van der Waals surface area contributed by atoms with Gasteiger partial charge in [0.2, 0.25) is 0 Å². The number of amides is 1. The molecular formula is C14H15N3O3. The summed E-state index contributed by atoms with van der Waals surface area (Å²) in [5, 5.41) is 8.98. The van der Waals surface area contributed by atoms with E-state index in [0.29, 0.717) is 6.54 Å². The third-order valence-electron chi connectivity index (χ3n) is 3.07. The first-order valence-corrected chi connectivity index (χ1v) is 6.07. The van der Waals surface area contributed by atoms with Crippen LogP contribution in [0.3, 0.4) is 0 Å². The first kappa shape index (κ1) is 13.8. The van der Waals surface area contributed by atoms with Crippen molar-refractivity contribution in [2.75, 3.05) is 7.05 Å². The number of imidazole rings is 1. The number of nitrogens with one attached hydrogen (secondary N) is 1. The van der Waals surface area contributed by atoms with Crippen molar-refractivity contribution in [1.29, 1.82) is 0 Å². The van der Waals surface area contributed by atoms with Gasteiger partial charge in [-0.15, -0.1) is 0 Å². The molecule has 6 heteroatoms. The lowest BCUT2D eigenvalue weighted by Crippen LogP contribution is -2.28. The van der Waals surface area contributed by atoms with Gasteiger partial charge in [0.15, 0.2) is 11.4 Å². The molecule has 0 spiro atoms. The fourth-order valence-electron chi connectivity index (χ4n) is 1.92. The summed E-state index contributed by atoms with van der Waals surface area (Å²) in [5.74, 6) is -1.62. The molecule has 0 bridgehead atoms. The molecule has 0 radical (unpaired) electrons. The summed E-state index contributed by atoms with van der Waals surface area (Å²) in [7, 11) is 1.62. The standard InChI is InChI=1S/C14H15N3O3/c1-9-5-3-4-6-10(9)7-17(2)13(18)11-12(14(19)20)16-8-15-11/h3-6,8H,7H2,1-2H3,(H,15,16)(H,19,20). The van der Waals surface area contributed by atoms with Gasteiger partial charge in [-0.25, -0.2) is 9.78 Å². The second kappa shape index (κ2) is 5.56. The molecule has 6 nitrogen and oxygen atoms in total. The number of carbonyl (C=O) groups excluding carboxylic acids is 1. The Kier molecular flexibility index (Phi) is 3.84. The van der Waals surface area contributed by atoms with E-state index in [4.69, 9.17) is 5.11 Å². The second-order valence-corrected chi connectivity index (χ2v) is 4.52. The summed E-state index contributed by atoms with van der Waals surface area (Å²) in [6, 6.07) is 7.72. The van der Waals surface area contributed by atoms with Crippen molar-refractivity contribution < 1.29 is 14.7 Å². The van der Waals surface area contributed by atoms with Crippen LogP contribution < -0.4 is 0 Å². The molecule has 0 aliphatic carbocycles. The summed E-state index contributed by atoms with van der Waals surface area (Å²) in [6.07, 6.45) is 1.21. The van der Waals surface area contributed by atoms with Gasteiger partial charge in [0.25, 0.3) is 5.91 Å². The molecule has 104 valence electrons. The highest BCUT2D eigenvalue weighted by Crippen LogP contribution is 2.12. The summed E-state index contributed by atoms with van der Waals surface area (Å²) < 4.78 is 0. The van der Waals surface area contributed by atoms with Crippen molar-refractivity contribution in [3.05, 3.63) is 53.1 Å². The van der Waals surface area contributed by atoms with Crippen molar-refractivity contribution >= 4 is 11.9 Å². The largest absolute Gasteiger partial charge is 0.477 e. The van der Waals surface area contributed by atoms with Crippen LogP contribution in [0.1, 0.15) is 32.1 Å². The van der Waals surface area contributed by atoms with Crippen molar-refractivity contribution in [1.82, 2.24) is 14.9 Å². The molecular weight excluding hydrogens is 258 g/mol. The Hall–Kier alpha value is -2.63. The molecule has 0 aliphatic rings. The maximum Gasteiger partial charge on any atom is 0.354 e. The van der Waals surface area contributed by atoms with E-state index in [9.17, 15) is 9.59 Å². The summed E-state index contributed by atoms with van der Waals surface area (Å²) in [5.41, 5.74) is 1.82. The number of rotatable bonds is 4. The third-order valence-corrected chi connectivity index (χ3v) is 3.07. The Morgan fingerprint density at radius 2 is 2.05 bits per heavy atom. The Morgan fingerprint density at radius 3 is 2.70 bits per heavy atom.